The number of aliphatic hydroxyl groups is 1. The van der Waals surface area contributed by atoms with E-state index >= 15 is 0 Å². The fraction of sp³-hybridized carbons (Fsp3) is 0.750. The summed E-state index contributed by atoms with van der Waals surface area (Å²) >= 11 is 0. The van der Waals surface area contributed by atoms with Crippen LogP contribution in [0.25, 0.3) is 0 Å². The number of hydrogen-bond acceptors (Lipinski definition) is 4. The highest BCUT2D eigenvalue weighted by molar-refractivity contribution is 5.49. The van der Waals surface area contributed by atoms with Crippen LogP contribution in [0, 0.1) is 16.7 Å². The largest absolute Gasteiger partial charge is 0.416 e. The van der Waals surface area contributed by atoms with Gasteiger partial charge in [-0.25, -0.2) is 0 Å². The Kier molecular flexibility index (Phi) is 6.07. The average Bonchev–Trinajstić information content (AvgIpc) is 3.19. The summed E-state index contributed by atoms with van der Waals surface area (Å²) < 4.78 is 45.2. The lowest BCUT2D eigenvalue weighted by atomic mass is 9.70. The quantitative estimate of drug-likeness (QED) is 0.711. The highest BCUT2D eigenvalue weighted by atomic mass is 19.4. The van der Waals surface area contributed by atoms with Crippen molar-refractivity contribution < 1.29 is 23.0 Å². The van der Waals surface area contributed by atoms with E-state index in [4.69, 9.17) is 4.74 Å². The molecule has 3 aliphatic rings. The van der Waals surface area contributed by atoms with Gasteiger partial charge in [-0.3, -0.25) is 4.90 Å². The number of β-amino-alcohol motifs (C(OH)–C–C–N with tert-alkyl or cyclic N) is 1. The van der Waals surface area contributed by atoms with Crippen molar-refractivity contribution in [2.24, 2.45) is 16.7 Å². The number of nitrogens with zero attached hydrogens (tertiary/aromatic N) is 2. The van der Waals surface area contributed by atoms with E-state index in [1.807, 2.05) is 4.90 Å². The third-order valence-corrected chi connectivity index (χ3v) is 7.97. The summed E-state index contributed by atoms with van der Waals surface area (Å²) in [5.41, 5.74) is 0.371. The van der Waals surface area contributed by atoms with Crippen LogP contribution in [0.1, 0.15) is 45.6 Å². The van der Waals surface area contributed by atoms with Crippen LogP contribution in [0.4, 0.5) is 18.9 Å². The molecule has 1 heterocycles. The molecule has 0 amide bonds. The van der Waals surface area contributed by atoms with Gasteiger partial charge in [0.25, 0.3) is 0 Å². The highest BCUT2D eigenvalue weighted by Crippen LogP contribution is 2.63. The molecule has 4 rings (SSSR count). The monoisotopic (exact) mass is 440 g/mol. The fourth-order valence-corrected chi connectivity index (χ4v) is 6.30. The minimum Gasteiger partial charge on any atom is -0.389 e. The Labute approximate surface area is 183 Å². The van der Waals surface area contributed by atoms with Gasteiger partial charge in [0.2, 0.25) is 0 Å². The van der Waals surface area contributed by atoms with E-state index in [0.29, 0.717) is 50.9 Å². The standard InChI is InChI=1S/C24H35F3N2O2/c1-22(2)18-7-8-23(3,14-18)21(22)31-16-20(30)15-28-9-11-29(12-10-28)19-6-4-5-17(13-19)24(25,26)27/h4-6,13,18,20-21,30H,7-12,14-16H2,1-3H3/t18-,20-,21+,23+/m0/s1. The minimum atomic E-state index is -4.33. The number of halogens is 3. The number of benzene rings is 1. The third kappa shape index (κ3) is 4.60. The third-order valence-electron chi connectivity index (χ3n) is 7.97. The van der Waals surface area contributed by atoms with E-state index in [1.165, 1.54) is 31.4 Å². The normalized spacial score (nSPS) is 31.9. The van der Waals surface area contributed by atoms with Crippen molar-refractivity contribution >= 4 is 5.69 Å². The van der Waals surface area contributed by atoms with E-state index in [-0.39, 0.29) is 16.9 Å². The Morgan fingerprint density at radius 3 is 2.48 bits per heavy atom. The van der Waals surface area contributed by atoms with Crippen molar-refractivity contribution in [3.8, 4) is 0 Å². The van der Waals surface area contributed by atoms with E-state index in [0.717, 1.165) is 6.07 Å². The van der Waals surface area contributed by atoms with Gasteiger partial charge in [0.05, 0.1) is 24.4 Å². The van der Waals surface area contributed by atoms with Crippen LogP contribution in [0.15, 0.2) is 24.3 Å². The molecule has 4 nitrogen and oxygen atoms in total. The fourth-order valence-electron chi connectivity index (χ4n) is 6.30. The summed E-state index contributed by atoms with van der Waals surface area (Å²) in [5.74, 6) is 0.712. The van der Waals surface area contributed by atoms with Crippen LogP contribution < -0.4 is 4.90 Å². The Morgan fingerprint density at radius 1 is 1.16 bits per heavy atom. The molecular formula is C24H35F3N2O2. The summed E-state index contributed by atoms with van der Waals surface area (Å²) in [6.07, 6.45) is -0.990. The molecule has 31 heavy (non-hydrogen) atoms. The van der Waals surface area contributed by atoms with E-state index in [1.54, 1.807) is 6.07 Å². The number of anilines is 1. The van der Waals surface area contributed by atoms with Gasteiger partial charge in [-0.1, -0.05) is 26.8 Å². The molecule has 0 radical (unpaired) electrons. The molecule has 0 unspecified atom stereocenters. The number of piperazine rings is 1. The van der Waals surface area contributed by atoms with Crippen molar-refractivity contribution in [3.05, 3.63) is 29.8 Å². The first-order valence-corrected chi connectivity index (χ1v) is 11.4. The molecule has 2 bridgehead atoms. The van der Waals surface area contributed by atoms with Crippen molar-refractivity contribution in [2.45, 2.75) is 58.4 Å². The van der Waals surface area contributed by atoms with Gasteiger partial charge in [-0.05, 0) is 54.2 Å². The lowest BCUT2D eigenvalue weighted by Gasteiger charge is -2.43. The zero-order valence-electron chi connectivity index (χ0n) is 18.8. The van der Waals surface area contributed by atoms with Crippen molar-refractivity contribution in [1.82, 2.24) is 4.90 Å². The Hall–Kier alpha value is -1.31. The maximum Gasteiger partial charge on any atom is 0.416 e. The summed E-state index contributed by atoms with van der Waals surface area (Å²) in [4.78, 5) is 4.15. The van der Waals surface area contributed by atoms with Gasteiger partial charge in [-0.15, -0.1) is 0 Å². The topological polar surface area (TPSA) is 35.9 Å². The van der Waals surface area contributed by atoms with Crippen molar-refractivity contribution in [2.75, 3.05) is 44.2 Å². The Morgan fingerprint density at radius 2 is 1.87 bits per heavy atom. The zero-order valence-corrected chi connectivity index (χ0v) is 18.8. The van der Waals surface area contributed by atoms with E-state index < -0.39 is 17.8 Å². The second kappa shape index (κ2) is 8.23. The predicted octanol–water partition coefficient (Wildman–Crippen LogP) is 4.42. The Bertz CT molecular complexity index is 772. The number of alkyl halides is 3. The van der Waals surface area contributed by atoms with Gasteiger partial charge in [0.1, 0.15) is 0 Å². The van der Waals surface area contributed by atoms with Gasteiger partial charge >= 0.3 is 6.18 Å². The number of ether oxygens (including phenoxy) is 1. The molecule has 174 valence electrons. The summed E-state index contributed by atoms with van der Waals surface area (Å²) in [7, 11) is 0. The Balaban J connectivity index is 1.25. The minimum absolute atomic E-state index is 0.156. The highest BCUT2D eigenvalue weighted by Gasteiger charge is 2.60. The molecule has 1 aromatic rings. The lowest BCUT2D eigenvalue weighted by molar-refractivity contribution is -0.137. The maximum atomic E-state index is 13.0. The molecular weight excluding hydrogens is 405 g/mol. The number of aliphatic hydroxyl groups excluding tert-OH is 1. The smallest absolute Gasteiger partial charge is 0.389 e. The second-order valence-corrected chi connectivity index (χ2v) is 10.6. The van der Waals surface area contributed by atoms with Crippen molar-refractivity contribution in [3.63, 3.8) is 0 Å². The summed E-state index contributed by atoms with van der Waals surface area (Å²) in [6, 6.07) is 5.51. The number of fused-ring (bicyclic) bond motifs is 2. The van der Waals surface area contributed by atoms with Crippen molar-refractivity contribution in [1.29, 1.82) is 0 Å². The zero-order chi connectivity index (χ0) is 22.4. The van der Waals surface area contributed by atoms with Crippen LogP contribution in [0.3, 0.4) is 0 Å². The first-order chi connectivity index (χ1) is 14.5. The van der Waals surface area contributed by atoms with Gasteiger partial charge in [-0.2, -0.15) is 13.2 Å². The van der Waals surface area contributed by atoms with Crippen LogP contribution in [0.2, 0.25) is 0 Å². The molecule has 7 heteroatoms. The molecule has 1 N–H and O–H groups in total. The first-order valence-electron chi connectivity index (χ1n) is 11.4. The molecule has 0 aromatic heterocycles. The summed E-state index contributed by atoms with van der Waals surface area (Å²) in [6.45, 7) is 10.5. The molecule has 2 aliphatic carbocycles. The molecule has 3 fully saturated rings. The van der Waals surface area contributed by atoms with Gasteiger partial charge in [0.15, 0.2) is 0 Å². The van der Waals surface area contributed by atoms with E-state index in [9.17, 15) is 18.3 Å². The first kappa shape index (κ1) is 22.9. The number of rotatable bonds is 6. The molecule has 0 spiro atoms. The van der Waals surface area contributed by atoms with Crippen LogP contribution in [0.5, 0.6) is 0 Å². The van der Waals surface area contributed by atoms with E-state index in [2.05, 4.69) is 25.7 Å². The molecule has 2 saturated carbocycles. The molecule has 4 atom stereocenters. The van der Waals surface area contributed by atoms with Gasteiger partial charge < -0.3 is 14.7 Å². The number of hydrogen-bond donors (Lipinski definition) is 1. The van der Waals surface area contributed by atoms with Crippen LogP contribution in [-0.2, 0) is 10.9 Å². The predicted molar refractivity (Wildman–Crippen MR) is 115 cm³/mol. The second-order valence-electron chi connectivity index (χ2n) is 10.6. The van der Waals surface area contributed by atoms with Crippen LogP contribution in [-0.4, -0.2) is 61.5 Å². The van der Waals surface area contributed by atoms with Gasteiger partial charge in [0, 0.05) is 38.4 Å². The molecule has 1 saturated heterocycles. The lowest BCUT2D eigenvalue weighted by Crippen LogP contribution is -2.50. The summed E-state index contributed by atoms with van der Waals surface area (Å²) in [5, 5.41) is 10.6. The molecule has 1 aromatic carbocycles. The SMILES string of the molecule is CC1(C)[C@H]2CC[C@](C)(C2)[C@@H]1OC[C@@H](O)CN1CCN(c2cccc(C(F)(F)F)c2)CC1. The maximum absolute atomic E-state index is 13.0. The van der Waals surface area contributed by atoms with Crippen LogP contribution >= 0.6 is 0 Å². The average molecular weight is 441 g/mol. The molecule has 1 aliphatic heterocycles.